The molecule has 3 heterocycles. The number of benzene rings is 5. The van der Waals surface area contributed by atoms with Crippen LogP contribution >= 0.6 is 0 Å². The fourth-order valence-corrected chi connectivity index (χ4v) is 5.77. The van der Waals surface area contributed by atoms with Crippen molar-refractivity contribution in [2.75, 3.05) is 4.90 Å². The van der Waals surface area contributed by atoms with Gasteiger partial charge in [0.15, 0.2) is 11.2 Å². The number of hydrogen-bond acceptors (Lipinski definition) is 3. The van der Waals surface area contributed by atoms with Crippen molar-refractivity contribution < 1.29 is 4.42 Å². The molecule has 5 aromatic carbocycles. The van der Waals surface area contributed by atoms with E-state index in [0.29, 0.717) is 0 Å². The molecule has 0 aliphatic rings. The van der Waals surface area contributed by atoms with Crippen LogP contribution in [0.5, 0.6) is 0 Å². The van der Waals surface area contributed by atoms with Crippen LogP contribution < -0.4 is 4.90 Å². The van der Waals surface area contributed by atoms with Gasteiger partial charge in [0, 0.05) is 44.8 Å². The Labute approximate surface area is 225 Å². The van der Waals surface area contributed by atoms with E-state index in [4.69, 9.17) is 4.42 Å². The summed E-state index contributed by atoms with van der Waals surface area (Å²) in [5.41, 5.74) is 8.26. The molecule has 4 nitrogen and oxygen atoms in total. The Morgan fingerprint density at radius 2 is 1.18 bits per heavy atom. The Kier molecular flexibility index (Phi) is 4.79. The molecule has 0 fully saturated rings. The van der Waals surface area contributed by atoms with Gasteiger partial charge in [0.05, 0.1) is 22.9 Å². The number of para-hydroxylation sites is 4. The van der Waals surface area contributed by atoms with Crippen molar-refractivity contribution in [1.82, 2.24) is 9.55 Å². The van der Waals surface area contributed by atoms with Crippen LogP contribution in [0.3, 0.4) is 0 Å². The van der Waals surface area contributed by atoms with Crippen molar-refractivity contribution in [1.29, 1.82) is 0 Å². The molecule has 0 bridgehead atoms. The van der Waals surface area contributed by atoms with Gasteiger partial charge in [-0.2, -0.15) is 0 Å². The fraction of sp³-hybridized carbons (Fsp3) is 0. The van der Waals surface area contributed by atoms with Gasteiger partial charge in [-0.05, 0) is 60.7 Å². The Balaban J connectivity index is 1.32. The third-order valence-electron chi connectivity index (χ3n) is 7.48. The summed E-state index contributed by atoms with van der Waals surface area (Å²) in [5, 5.41) is 4.66. The summed E-state index contributed by atoms with van der Waals surface area (Å²) in [4.78, 5) is 6.52. The molecule has 0 unspecified atom stereocenters. The van der Waals surface area contributed by atoms with Gasteiger partial charge in [0.2, 0.25) is 0 Å². The zero-order valence-corrected chi connectivity index (χ0v) is 21.0. The quantitative estimate of drug-likeness (QED) is 0.241. The minimum Gasteiger partial charge on any atom is -0.452 e. The second-order valence-corrected chi connectivity index (χ2v) is 9.68. The van der Waals surface area contributed by atoms with Crippen LogP contribution in [0.15, 0.2) is 144 Å². The van der Waals surface area contributed by atoms with Crippen LogP contribution in [0, 0.1) is 0 Å². The van der Waals surface area contributed by atoms with Gasteiger partial charge in [-0.25, -0.2) is 0 Å². The first-order chi connectivity index (χ1) is 19.4. The Morgan fingerprint density at radius 1 is 0.538 bits per heavy atom. The Bertz CT molecular complexity index is 2070. The highest BCUT2D eigenvalue weighted by molar-refractivity contribution is 6.10. The largest absolute Gasteiger partial charge is 0.452 e. The number of pyridine rings is 1. The second-order valence-electron chi connectivity index (χ2n) is 9.68. The molecule has 0 spiro atoms. The average molecular weight is 502 g/mol. The highest BCUT2D eigenvalue weighted by atomic mass is 16.3. The molecule has 8 aromatic rings. The number of rotatable bonds is 4. The van der Waals surface area contributed by atoms with Crippen LogP contribution in [-0.4, -0.2) is 9.55 Å². The van der Waals surface area contributed by atoms with Gasteiger partial charge in [-0.15, -0.1) is 0 Å². The highest BCUT2D eigenvalue weighted by Crippen LogP contribution is 2.42. The number of hydrogen-bond donors (Lipinski definition) is 0. The maximum Gasteiger partial charge on any atom is 0.159 e. The second kappa shape index (κ2) is 8.61. The van der Waals surface area contributed by atoms with E-state index in [1.807, 2.05) is 18.3 Å². The molecule has 0 saturated heterocycles. The molecule has 0 aliphatic heterocycles. The van der Waals surface area contributed by atoms with Crippen molar-refractivity contribution in [3.05, 3.63) is 140 Å². The summed E-state index contributed by atoms with van der Waals surface area (Å²) in [6, 6.07) is 44.7. The Morgan fingerprint density at radius 3 is 1.92 bits per heavy atom. The molecule has 0 N–H and O–H groups in total. The van der Waals surface area contributed by atoms with Crippen LogP contribution in [0.1, 0.15) is 0 Å². The molecule has 0 atom stereocenters. The van der Waals surface area contributed by atoms with Crippen molar-refractivity contribution in [2.24, 2.45) is 0 Å². The van der Waals surface area contributed by atoms with Crippen molar-refractivity contribution >= 4 is 60.8 Å². The summed E-state index contributed by atoms with van der Waals surface area (Å²) >= 11 is 0. The first kappa shape index (κ1) is 21.7. The van der Waals surface area contributed by atoms with Gasteiger partial charge in [-0.3, -0.25) is 4.98 Å². The Hall–Kier alpha value is -5.35. The molecule has 4 heteroatoms. The maximum absolute atomic E-state index is 6.38. The summed E-state index contributed by atoms with van der Waals surface area (Å²) in [7, 11) is 0. The first-order valence-electron chi connectivity index (χ1n) is 13.1. The van der Waals surface area contributed by atoms with E-state index in [0.717, 1.165) is 44.7 Å². The molecule has 0 amide bonds. The zero-order valence-electron chi connectivity index (χ0n) is 21.0. The predicted octanol–water partition coefficient (Wildman–Crippen LogP) is 9.55. The van der Waals surface area contributed by atoms with Crippen LogP contribution in [-0.2, 0) is 0 Å². The van der Waals surface area contributed by atoms with Gasteiger partial charge >= 0.3 is 0 Å². The SMILES string of the molecule is c1ccc(N(c2ccc(-n3c4ccccc4c4ccccc43)cc2)c2cccc3c2oc2cnccc23)cc1. The molecule has 0 aliphatic carbocycles. The lowest BCUT2D eigenvalue weighted by molar-refractivity contribution is 0.667. The zero-order chi connectivity index (χ0) is 25.8. The van der Waals surface area contributed by atoms with E-state index < -0.39 is 0 Å². The summed E-state index contributed by atoms with van der Waals surface area (Å²) < 4.78 is 8.72. The van der Waals surface area contributed by atoms with E-state index in [1.165, 1.54) is 21.8 Å². The van der Waals surface area contributed by atoms with Crippen LogP contribution in [0.25, 0.3) is 49.4 Å². The lowest BCUT2D eigenvalue weighted by Gasteiger charge is -2.25. The molecule has 0 radical (unpaired) electrons. The summed E-state index contributed by atoms with van der Waals surface area (Å²) in [6.45, 7) is 0. The molecular formula is C35H23N3O. The number of anilines is 3. The standard InChI is InChI=1S/C35H23N3O/c1-2-9-24(10-3-1)37(33-16-8-13-30-29-21-22-36-23-34(29)39-35(30)33)25-17-19-26(20-18-25)38-31-14-6-4-11-27(31)28-12-5-7-15-32(28)38/h1-23H. The molecule has 184 valence electrons. The van der Waals surface area contributed by atoms with Crippen molar-refractivity contribution in [3.8, 4) is 5.69 Å². The third-order valence-corrected chi connectivity index (χ3v) is 7.48. The molecule has 0 saturated carbocycles. The fourth-order valence-electron chi connectivity index (χ4n) is 5.77. The van der Waals surface area contributed by atoms with Crippen molar-refractivity contribution in [2.45, 2.75) is 0 Å². The number of furan rings is 1. The molecule has 8 rings (SSSR count). The van der Waals surface area contributed by atoms with Gasteiger partial charge in [-0.1, -0.05) is 66.7 Å². The first-order valence-corrected chi connectivity index (χ1v) is 13.1. The monoisotopic (exact) mass is 501 g/mol. The topological polar surface area (TPSA) is 34.2 Å². The minimum absolute atomic E-state index is 0.787. The van der Waals surface area contributed by atoms with Gasteiger partial charge < -0.3 is 13.9 Å². The van der Waals surface area contributed by atoms with E-state index in [-0.39, 0.29) is 0 Å². The van der Waals surface area contributed by atoms with E-state index in [2.05, 4.69) is 130 Å². The highest BCUT2D eigenvalue weighted by Gasteiger charge is 2.19. The number of nitrogens with zero attached hydrogens (tertiary/aromatic N) is 3. The number of fused-ring (bicyclic) bond motifs is 6. The molecular weight excluding hydrogens is 478 g/mol. The smallest absolute Gasteiger partial charge is 0.159 e. The van der Waals surface area contributed by atoms with E-state index in [1.54, 1.807) is 6.20 Å². The summed E-state index contributed by atoms with van der Waals surface area (Å²) in [6.07, 6.45) is 3.60. The minimum atomic E-state index is 0.787. The van der Waals surface area contributed by atoms with Gasteiger partial charge in [0.25, 0.3) is 0 Å². The van der Waals surface area contributed by atoms with Crippen LogP contribution in [0.4, 0.5) is 17.1 Å². The maximum atomic E-state index is 6.38. The lowest BCUT2D eigenvalue weighted by Crippen LogP contribution is -2.10. The molecule has 3 aromatic heterocycles. The average Bonchev–Trinajstić information content (AvgIpc) is 3.55. The van der Waals surface area contributed by atoms with E-state index >= 15 is 0 Å². The van der Waals surface area contributed by atoms with Gasteiger partial charge in [0.1, 0.15) is 0 Å². The summed E-state index contributed by atoms with van der Waals surface area (Å²) in [5.74, 6) is 0. The van der Waals surface area contributed by atoms with Crippen molar-refractivity contribution in [3.63, 3.8) is 0 Å². The molecule has 39 heavy (non-hydrogen) atoms. The third kappa shape index (κ3) is 3.35. The normalized spacial score (nSPS) is 11.6. The lowest BCUT2D eigenvalue weighted by atomic mass is 10.1. The predicted molar refractivity (Wildman–Crippen MR) is 161 cm³/mol. The van der Waals surface area contributed by atoms with E-state index in [9.17, 15) is 0 Å². The number of aromatic nitrogens is 2. The van der Waals surface area contributed by atoms with Crippen LogP contribution in [0.2, 0.25) is 0 Å².